The van der Waals surface area contributed by atoms with E-state index in [1.807, 2.05) is 18.5 Å². The number of hydrogen-bond donors (Lipinski definition) is 0. The Morgan fingerprint density at radius 2 is 2.00 bits per heavy atom. The molecule has 1 unspecified atom stereocenters. The monoisotopic (exact) mass is 253 g/mol. The molecule has 0 amide bonds. The van der Waals surface area contributed by atoms with Crippen LogP contribution in [0.5, 0.6) is 0 Å². The molecule has 1 rings (SSSR count). The highest BCUT2D eigenvalue weighted by molar-refractivity contribution is 5.88. The highest BCUT2D eigenvalue weighted by atomic mass is 16.5. The number of ether oxygens (including phenoxy) is 1. The van der Waals surface area contributed by atoms with E-state index in [0.717, 1.165) is 18.7 Å². The van der Waals surface area contributed by atoms with Gasteiger partial charge in [0.05, 0.1) is 12.3 Å². The van der Waals surface area contributed by atoms with E-state index in [4.69, 9.17) is 4.74 Å². The predicted octanol–water partition coefficient (Wildman–Crippen LogP) is 2.62. The van der Waals surface area contributed by atoms with Crippen molar-refractivity contribution in [2.75, 3.05) is 6.61 Å². The average molecular weight is 253 g/mol. The number of hydrogen-bond acceptors (Lipinski definition) is 4. The van der Waals surface area contributed by atoms with Crippen molar-refractivity contribution in [1.29, 1.82) is 0 Å². The third kappa shape index (κ3) is 3.31. The Bertz CT molecular complexity index is 399. The van der Waals surface area contributed by atoms with E-state index in [0.29, 0.717) is 18.2 Å². The summed E-state index contributed by atoms with van der Waals surface area (Å²) in [4.78, 5) is 11.8. The van der Waals surface area contributed by atoms with Gasteiger partial charge in [-0.3, -0.25) is 0 Å². The van der Waals surface area contributed by atoms with Crippen LogP contribution in [0.15, 0.2) is 0 Å². The molecule has 102 valence electrons. The van der Waals surface area contributed by atoms with Crippen LogP contribution >= 0.6 is 0 Å². The molecule has 0 radical (unpaired) electrons. The van der Waals surface area contributed by atoms with Crippen LogP contribution < -0.4 is 0 Å². The molecule has 5 nitrogen and oxygen atoms in total. The van der Waals surface area contributed by atoms with Crippen LogP contribution in [0.1, 0.15) is 63.1 Å². The number of rotatable bonds is 6. The quantitative estimate of drug-likeness (QED) is 0.731. The molecule has 0 spiro atoms. The number of esters is 1. The molecule has 0 saturated heterocycles. The number of carbonyl (C=O) groups excluding carboxylic acids is 1. The molecular weight excluding hydrogens is 230 g/mol. The van der Waals surface area contributed by atoms with E-state index in [9.17, 15) is 4.79 Å². The van der Waals surface area contributed by atoms with Crippen molar-refractivity contribution in [3.63, 3.8) is 0 Å². The van der Waals surface area contributed by atoms with E-state index in [1.165, 1.54) is 0 Å². The molecule has 1 heterocycles. The van der Waals surface area contributed by atoms with Gasteiger partial charge < -0.3 is 4.74 Å². The molecule has 18 heavy (non-hydrogen) atoms. The molecule has 0 N–H and O–H groups in total. The first kappa shape index (κ1) is 14.7. The van der Waals surface area contributed by atoms with Gasteiger partial charge in [0.25, 0.3) is 0 Å². The Hall–Kier alpha value is -1.39. The van der Waals surface area contributed by atoms with Crippen LogP contribution in [0.2, 0.25) is 0 Å². The van der Waals surface area contributed by atoms with Crippen LogP contribution in [0, 0.1) is 5.92 Å². The van der Waals surface area contributed by atoms with Gasteiger partial charge >= 0.3 is 5.97 Å². The molecule has 0 bridgehead atoms. The van der Waals surface area contributed by atoms with Gasteiger partial charge in [0, 0.05) is 6.54 Å². The van der Waals surface area contributed by atoms with Gasteiger partial charge in [0.1, 0.15) is 0 Å². The molecule has 1 aromatic heterocycles. The summed E-state index contributed by atoms with van der Waals surface area (Å²) in [5, 5.41) is 8.08. The lowest BCUT2D eigenvalue weighted by molar-refractivity contribution is 0.0517. The first-order valence-corrected chi connectivity index (χ1v) is 6.61. The zero-order valence-corrected chi connectivity index (χ0v) is 11.9. The number of aromatic nitrogens is 3. The van der Waals surface area contributed by atoms with Crippen molar-refractivity contribution < 1.29 is 9.53 Å². The lowest BCUT2D eigenvalue weighted by atomic mass is 10.1. The maximum Gasteiger partial charge on any atom is 0.360 e. The summed E-state index contributed by atoms with van der Waals surface area (Å²) in [6.45, 7) is 11.3. The first-order chi connectivity index (χ1) is 8.51. The number of nitrogens with zero attached hydrogens (tertiary/aromatic N) is 3. The first-order valence-electron chi connectivity index (χ1n) is 6.61. The van der Waals surface area contributed by atoms with E-state index in [-0.39, 0.29) is 11.9 Å². The molecule has 0 saturated carbocycles. The summed E-state index contributed by atoms with van der Waals surface area (Å²) in [6, 6.07) is 0. The minimum Gasteiger partial charge on any atom is -0.461 e. The highest BCUT2D eigenvalue weighted by Crippen LogP contribution is 2.20. The van der Waals surface area contributed by atoms with E-state index < -0.39 is 0 Å². The normalized spacial score (nSPS) is 12.8. The summed E-state index contributed by atoms with van der Waals surface area (Å²) >= 11 is 0. The fourth-order valence-corrected chi connectivity index (χ4v) is 1.80. The topological polar surface area (TPSA) is 57.0 Å². The number of carbonyl (C=O) groups is 1. The van der Waals surface area contributed by atoms with Gasteiger partial charge in [0.2, 0.25) is 0 Å². The van der Waals surface area contributed by atoms with Gasteiger partial charge in [-0.25, -0.2) is 9.48 Å². The van der Waals surface area contributed by atoms with Gasteiger partial charge in [-0.1, -0.05) is 39.3 Å². The van der Waals surface area contributed by atoms with Gasteiger partial charge in [0.15, 0.2) is 5.69 Å². The second kappa shape index (κ2) is 6.52. The van der Waals surface area contributed by atoms with Crippen LogP contribution in [0.3, 0.4) is 0 Å². The summed E-state index contributed by atoms with van der Waals surface area (Å²) in [6.07, 6.45) is 1.08. The fraction of sp³-hybridized carbons (Fsp3) is 0.769. The SMILES string of the molecule is CCOC(=O)c1nnn(CC(C)CC)c1C(C)C. The molecule has 0 fully saturated rings. The highest BCUT2D eigenvalue weighted by Gasteiger charge is 2.23. The zero-order chi connectivity index (χ0) is 13.7. The van der Waals surface area contributed by atoms with Gasteiger partial charge in [-0.2, -0.15) is 0 Å². The van der Waals surface area contributed by atoms with Crippen LogP contribution in [0.25, 0.3) is 0 Å². The maximum atomic E-state index is 11.8. The summed E-state index contributed by atoms with van der Waals surface area (Å²) < 4.78 is 6.85. The molecule has 0 aromatic carbocycles. The lowest BCUT2D eigenvalue weighted by Crippen LogP contribution is -2.15. The third-order valence-corrected chi connectivity index (χ3v) is 2.97. The van der Waals surface area contributed by atoms with E-state index in [2.05, 4.69) is 24.2 Å². The van der Waals surface area contributed by atoms with Crippen molar-refractivity contribution in [1.82, 2.24) is 15.0 Å². The summed E-state index contributed by atoms with van der Waals surface area (Å²) in [5.74, 6) is 0.333. The van der Waals surface area contributed by atoms with Crippen molar-refractivity contribution in [2.24, 2.45) is 5.92 Å². The van der Waals surface area contributed by atoms with Crippen molar-refractivity contribution in [3.05, 3.63) is 11.4 Å². The van der Waals surface area contributed by atoms with E-state index in [1.54, 1.807) is 6.92 Å². The minimum atomic E-state index is -0.378. The second-order valence-corrected chi connectivity index (χ2v) is 4.89. The predicted molar refractivity (Wildman–Crippen MR) is 69.5 cm³/mol. The zero-order valence-electron chi connectivity index (χ0n) is 11.9. The smallest absolute Gasteiger partial charge is 0.360 e. The van der Waals surface area contributed by atoms with Crippen LogP contribution in [-0.4, -0.2) is 27.6 Å². The average Bonchev–Trinajstić information content (AvgIpc) is 2.73. The van der Waals surface area contributed by atoms with Gasteiger partial charge in [-0.05, 0) is 18.8 Å². The largest absolute Gasteiger partial charge is 0.461 e. The van der Waals surface area contributed by atoms with Crippen LogP contribution in [0.4, 0.5) is 0 Å². The molecule has 0 aliphatic rings. The van der Waals surface area contributed by atoms with Crippen molar-refractivity contribution in [3.8, 4) is 0 Å². The molecule has 1 aromatic rings. The Labute approximate surface area is 109 Å². The third-order valence-electron chi connectivity index (χ3n) is 2.97. The second-order valence-electron chi connectivity index (χ2n) is 4.89. The molecule has 0 aliphatic heterocycles. The minimum absolute atomic E-state index is 0.198. The standard InChI is InChI=1S/C13H23N3O2/c1-6-10(5)8-16-12(9(3)4)11(14-15-16)13(17)18-7-2/h9-10H,6-8H2,1-5H3. The van der Waals surface area contributed by atoms with Crippen molar-refractivity contribution >= 4 is 5.97 Å². The summed E-state index contributed by atoms with van der Waals surface area (Å²) in [5.41, 5.74) is 1.23. The Kier molecular flexibility index (Phi) is 5.31. The Morgan fingerprint density at radius 1 is 1.33 bits per heavy atom. The molecule has 1 atom stereocenters. The molecule has 5 heteroatoms. The van der Waals surface area contributed by atoms with Gasteiger partial charge in [-0.15, -0.1) is 5.10 Å². The Balaban J connectivity index is 3.03. The van der Waals surface area contributed by atoms with Crippen molar-refractivity contribution in [2.45, 2.75) is 53.5 Å². The molecule has 0 aliphatic carbocycles. The van der Waals surface area contributed by atoms with Crippen LogP contribution in [-0.2, 0) is 11.3 Å². The lowest BCUT2D eigenvalue weighted by Gasteiger charge is -2.13. The molecular formula is C13H23N3O2. The van der Waals surface area contributed by atoms with E-state index >= 15 is 0 Å². The Morgan fingerprint density at radius 3 is 2.50 bits per heavy atom. The summed E-state index contributed by atoms with van der Waals surface area (Å²) in [7, 11) is 0. The maximum absolute atomic E-state index is 11.8. The fourth-order valence-electron chi connectivity index (χ4n) is 1.80.